The first-order valence-corrected chi connectivity index (χ1v) is 12.3. The van der Waals surface area contributed by atoms with E-state index in [0.29, 0.717) is 0 Å². The second-order valence-corrected chi connectivity index (χ2v) is 7.50. The summed E-state index contributed by atoms with van der Waals surface area (Å²) in [7, 11) is 1.57. The van der Waals surface area contributed by atoms with Gasteiger partial charge in [-0.2, -0.15) is 0 Å². The highest BCUT2D eigenvalue weighted by Gasteiger charge is 2.04. The molecule has 78 valence electrons. The van der Waals surface area contributed by atoms with Gasteiger partial charge in [-0.3, -0.25) is 0 Å². The van der Waals surface area contributed by atoms with Crippen molar-refractivity contribution in [3.8, 4) is 0 Å². The molecule has 0 unspecified atom stereocenters. The average molecular weight is 222 g/mol. The Morgan fingerprint density at radius 2 is 1.86 bits per heavy atom. The second kappa shape index (κ2) is 6.20. The Morgan fingerprint density at radius 3 is 2.43 bits per heavy atom. The zero-order chi connectivity index (χ0) is 10.4. The predicted octanol–water partition coefficient (Wildman–Crippen LogP) is 0.666. The summed E-state index contributed by atoms with van der Waals surface area (Å²) in [5.74, 6) is 0. The van der Waals surface area contributed by atoms with E-state index in [-0.39, 0.29) is 9.04 Å². The van der Waals surface area contributed by atoms with Gasteiger partial charge in [0.05, 0.1) is 0 Å². The number of rotatable bonds is 5. The smallest absolute Gasteiger partial charge is 0.0388 e. The molecule has 0 aliphatic carbocycles. The van der Waals surface area contributed by atoms with Gasteiger partial charge in [-0.25, -0.2) is 0 Å². The Kier molecular flexibility index (Phi) is 5.19. The molecule has 0 spiro atoms. The van der Waals surface area contributed by atoms with E-state index in [1.54, 1.807) is 16.3 Å². The molecule has 0 N–H and O–H groups in total. The molecule has 0 heterocycles. The highest BCUT2D eigenvalue weighted by molar-refractivity contribution is 6.97. The van der Waals surface area contributed by atoms with Gasteiger partial charge in [0.2, 0.25) is 0 Å². The monoisotopic (exact) mass is 222 g/mol. The Morgan fingerprint density at radius 1 is 1.14 bits per heavy atom. The second-order valence-electron chi connectivity index (χ2n) is 3.91. The first-order valence-electron chi connectivity index (χ1n) is 5.93. The summed E-state index contributed by atoms with van der Waals surface area (Å²) in [4.78, 5) is 0. The lowest BCUT2D eigenvalue weighted by molar-refractivity contribution is 0.866. The number of hydrogen-bond donors (Lipinski definition) is 0. The van der Waals surface area contributed by atoms with Crippen molar-refractivity contribution >= 4 is 24.0 Å². The highest BCUT2D eigenvalue weighted by Crippen LogP contribution is 2.11. The minimum atomic E-state index is 0.143. The van der Waals surface area contributed by atoms with E-state index in [9.17, 15) is 0 Å². The zero-order valence-corrected chi connectivity index (χ0v) is 13.2. The molecule has 0 radical (unpaired) electrons. The molecule has 1 rings (SSSR count). The van der Waals surface area contributed by atoms with Crippen LogP contribution in [-0.2, 0) is 12.8 Å². The van der Waals surface area contributed by atoms with Crippen LogP contribution in [0.1, 0.15) is 37.8 Å². The predicted molar refractivity (Wildman–Crippen MR) is 72.5 cm³/mol. The van der Waals surface area contributed by atoms with E-state index in [4.69, 9.17) is 0 Å². The van der Waals surface area contributed by atoms with Crippen LogP contribution in [0.15, 0.2) is 18.2 Å². The summed E-state index contributed by atoms with van der Waals surface area (Å²) in [6, 6.07) is 6.98. The maximum atomic E-state index is 2.38. The van der Waals surface area contributed by atoms with E-state index in [1.807, 2.05) is 0 Å². The molecule has 0 fully saturated rings. The molecule has 0 aliphatic rings. The third kappa shape index (κ3) is 2.82. The molecular weight excluding hydrogens is 200 g/mol. The van der Waals surface area contributed by atoms with Crippen LogP contribution in [-0.4, -0.2) is 18.8 Å². The SMILES string of the molecule is CCCc1cccc([SiH2][SiH3])c1CCC. The van der Waals surface area contributed by atoms with E-state index in [0.717, 1.165) is 0 Å². The lowest BCUT2D eigenvalue weighted by Crippen LogP contribution is -2.21. The molecule has 0 aromatic heterocycles. The fourth-order valence-corrected chi connectivity index (χ4v) is 5.28. The van der Waals surface area contributed by atoms with Gasteiger partial charge in [-0.15, -0.1) is 0 Å². The van der Waals surface area contributed by atoms with Crippen LogP contribution in [0.3, 0.4) is 0 Å². The molecule has 2 heteroatoms. The van der Waals surface area contributed by atoms with Crippen LogP contribution in [0, 0.1) is 0 Å². The number of hydrogen-bond acceptors (Lipinski definition) is 0. The summed E-state index contributed by atoms with van der Waals surface area (Å²) < 4.78 is 0. The lowest BCUT2D eigenvalue weighted by Gasteiger charge is -2.12. The van der Waals surface area contributed by atoms with Gasteiger partial charge in [0.15, 0.2) is 0 Å². The van der Waals surface area contributed by atoms with Crippen molar-refractivity contribution < 1.29 is 0 Å². The van der Waals surface area contributed by atoms with Crippen molar-refractivity contribution in [2.45, 2.75) is 39.5 Å². The zero-order valence-electron chi connectivity index (χ0n) is 9.77. The topological polar surface area (TPSA) is 0 Å². The Labute approximate surface area is 93.2 Å². The van der Waals surface area contributed by atoms with Gasteiger partial charge >= 0.3 is 0 Å². The van der Waals surface area contributed by atoms with E-state index in [2.05, 4.69) is 32.0 Å². The fraction of sp³-hybridized carbons (Fsp3) is 0.500. The Bertz CT molecular complexity index is 282. The summed E-state index contributed by atoms with van der Waals surface area (Å²) in [6.45, 7) is 4.57. The van der Waals surface area contributed by atoms with Gasteiger partial charge in [0, 0.05) is 9.04 Å². The average Bonchev–Trinajstić information content (AvgIpc) is 2.21. The molecule has 1 aromatic rings. The Balaban J connectivity index is 3.00. The normalized spacial score (nSPS) is 11.6. The van der Waals surface area contributed by atoms with E-state index < -0.39 is 0 Å². The van der Waals surface area contributed by atoms with Crippen molar-refractivity contribution in [2.24, 2.45) is 0 Å². The molecule has 0 saturated carbocycles. The molecular formula is C12H22Si2. The van der Waals surface area contributed by atoms with Gasteiger partial charge in [-0.1, -0.05) is 50.1 Å². The molecule has 14 heavy (non-hydrogen) atoms. The van der Waals surface area contributed by atoms with Crippen molar-refractivity contribution in [1.82, 2.24) is 0 Å². The lowest BCUT2D eigenvalue weighted by atomic mass is 10.00. The summed E-state index contributed by atoms with van der Waals surface area (Å²) in [5, 5.41) is 1.75. The summed E-state index contributed by atoms with van der Waals surface area (Å²) >= 11 is 0. The molecule has 0 atom stereocenters. The summed E-state index contributed by atoms with van der Waals surface area (Å²) in [5.41, 5.74) is 3.36. The molecule has 1 aromatic carbocycles. The van der Waals surface area contributed by atoms with Crippen molar-refractivity contribution in [1.29, 1.82) is 0 Å². The van der Waals surface area contributed by atoms with E-state index >= 15 is 0 Å². The highest BCUT2D eigenvalue weighted by atomic mass is 29.1. The number of benzene rings is 1. The molecule has 0 aliphatic heterocycles. The molecule has 0 bridgehead atoms. The van der Waals surface area contributed by atoms with Gasteiger partial charge in [-0.05, 0) is 33.7 Å². The third-order valence-corrected chi connectivity index (χ3v) is 6.48. The van der Waals surface area contributed by atoms with Crippen LogP contribution in [0.25, 0.3) is 0 Å². The van der Waals surface area contributed by atoms with Gasteiger partial charge < -0.3 is 0 Å². The minimum absolute atomic E-state index is 0.143. The van der Waals surface area contributed by atoms with Crippen LogP contribution in [0.2, 0.25) is 0 Å². The van der Waals surface area contributed by atoms with Crippen molar-refractivity contribution in [2.75, 3.05) is 0 Å². The van der Waals surface area contributed by atoms with Gasteiger partial charge in [0.25, 0.3) is 0 Å². The maximum Gasteiger partial charge on any atom is 0.0388 e. The van der Waals surface area contributed by atoms with E-state index in [1.165, 1.54) is 35.4 Å². The maximum absolute atomic E-state index is 2.38. The third-order valence-electron chi connectivity index (χ3n) is 2.77. The van der Waals surface area contributed by atoms with Crippen LogP contribution in [0.4, 0.5) is 0 Å². The largest absolute Gasteiger partial charge is 0.0671 e. The standard InChI is InChI=1S/C12H22Si2/c1-3-6-10-8-5-9-12(14-13)11(10)7-4-2/h5,8-9H,3-4,6-7,14H2,1-2,13H3. The molecule has 0 nitrogen and oxygen atoms in total. The van der Waals surface area contributed by atoms with Crippen LogP contribution >= 0.6 is 0 Å². The number of aryl methyl sites for hydroxylation is 1. The van der Waals surface area contributed by atoms with Gasteiger partial charge in [0.1, 0.15) is 0 Å². The fourth-order valence-electron chi connectivity index (χ4n) is 2.09. The summed E-state index contributed by atoms with van der Waals surface area (Å²) in [6.07, 6.45) is 5.16. The first-order chi connectivity index (χ1) is 6.83. The van der Waals surface area contributed by atoms with Crippen LogP contribution in [0.5, 0.6) is 0 Å². The quantitative estimate of drug-likeness (QED) is 0.643. The first kappa shape index (κ1) is 11.7. The molecule has 0 saturated heterocycles. The molecule has 0 amide bonds. The minimum Gasteiger partial charge on any atom is -0.0671 e. The van der Waals surface area contributed by atoms with Crippen molar-refractivity contribution in [3.63, 3.8) is 0 Å². The van der Waals surface area contributed by atoms with Crippen LogP contribution < -0.4 is 5.19 Å². The Hall–Kier alpha value is -0.346. The van der Waals surface area contributed by atoms with Crippen molar-refractivity contribution in [3.05, 3.63) is 29.3 Å².